The lowest BCUT2D eigenvalue weighted by Crippen LogP contribution is -2.41. The quantitative estimate of drug-likeness (QED) is 0.447. The molecular formula is C29H35N3O4S. The summed E-state index contributed by atoms with van der Waals surface area (Å²) in [7, 11) is -3.84. The topological polar surface area (TPSA) is 92.5 Å². The van der Waals surface area contributed by atoms with Crippen LogP contribution in [0.1, 0.15) is 57.7 Å². The molecule has 0 bridgehead atoms. The number of nitrogens with zero attached hydrogens (tertiary/aromatic N) is 2. The monoisotopic (exact) mass is 521 g/mol. The predicted molar refractivity (Wildman–Crippen MR) is 147 cm³/mol. The first-order chi connectivity index (χ1) is 17.5. The number of sulfonamides is 1. The number of aromatic nitrogens is 1. The third-order valence-corrected chi connectivity index (χ3v) is 9.23. The Balaban J connectivity index is 1.48. The van der Waals surface area contributed by atoms with E-state index in [0.717, 1.165) is 27.9 Å². The predicted octanol–water partition coefficient (Wildman–Crippen LogP) is 5.73. The van der Waals surface area contributed by atoms with Crippen molar-refractivity contribution >= 4 is 33.8 Å². The van der Waals surface area contributed by atoms with E-state index in [2.05, 4.69) is 22.6 Å². The third-order valence-electron chi connectivity index (χ3n) is 7.17. The van der Waals surface area contributed by atoms with Gasteiger partial charge in [0.15, 0.2) is 10.7 Å². The standard InChI is InChI=1S/C29H35N3O4S/c1-18-15-21(4)26(22(5)16-18)9-10-27-28(23(6)31-36-27)37(34,35)32-13-11-24(12-14-32)29(33)30-25-8-7-19(2)20(3)17-25/h7-10,15-17,24H,11-14H2,1-6H3,(H,30,33)/b10-9+. The van der Waals surface area contributed by atoms with E-state index in [1.165, 1.54) is 15.4 Å². The van der Waals surface area contributed by atoms with Crippen LogP contribution in [0, 0.1) is 47.5 Å². The van der Waals surface area contributed by atoms with Gasteiger partial charge in [0.1, 0.15) is 5.69 Å². The summed E-state index contributed by atoms with van der Waals surface area (Å²) in [5.41, 5.74) is 7.78. The Labute approximate surface area is 219 Å². The van der Waals surface area contributed by atoms with Crippen LogP contribution in [-0.2, 0) is 14.8 Å². The zero-order chi connectivity index (χ0) is 26.9. The number of carbonyl (C=O) groups excluding carboxylic acids is 1. The van der Waals surface area contributed by atoms with Crippen LogP contribution in [0.3, 0.4) is 0 Å². The Morgan fingerprint density at radius 1 is 0.946 bits per heavy atom. The molecule has 2 heterocycles. The van der Waals surface area contributed by atoms with Crippen LogP contribution < -0.4 is 5.32 Å². The highest BCUT2D eigenvalue weighted by Crippen LogP contribution is 2.30. The minimum absolute atomic E-state index is 0.0751. The van der Waals surface area contributed by atoms with Gasteiger partial charge >= 0.3 is 0 Å². The summed E-state index contributed by atoms with van der Waals surface area (Å²) in [6.07, 6.45) is 4.47. The lowest BCUT2D eigenvalue weighted by molar-refractivity contribution is -0.120. The maximum Gasteiger partial charge on any atom is 0.248 e. The van der Waals surface area contributed by atoms with Gasteiger partial charge in [-0.2, -0.15) is 4.31 Å². The molecule has 3 aromatic rings. The average Bonchev–Trinajstić information content (AvgIpc) is 3.22. The fourth-order valence-electron chi connectivity index (χ4n) is 4.96. The first-order valence-corrected chi connectivity index (χ1v) is 14.0. The third kappa shape index (κ3) is 5.70. The van der Waals surface area contributed by atoms with Gasteiger partial charge in [-0.15, -0.1) is 0 Å². The van der Waals surface area contributed by atoms with Crippen molar-refractivity contribution in [2.75, 3.05) is 18.4 Å². The van der Waals surface area contributed by atoms with Crippen LogP contribution >= 0.6 is 0 Å². The highest BCUT2D eigenvalue weighted by molar-refractivity contribution is 7.89. The zero-order valence-corrected chi connectivity index (χ0v) is 23.2. The molecule has 0 radical (unpaired) electrons. The number of anilines is 1. The van der Waals surface area contributed by atoms with Crippen LogP contribution in [0.5, 0.6) is 0 Å². The van der Waals surface area contributed by atoms with Crippen LogP contribution in [0.15, 0.2) is 39.8 Å². The Bertz CT molecular complexity index is 1440. The molecule has 1 amide bonds. The molecule has 7 nitrogen and oxygen atoms in total. The number of hydrogen-bond donors (Lipinski definition) is 1. The van der Waals surface area contributed by atoms with Crippen LogP contribution in [0.25, 0.3) is 12.2 Å². The maximum absolute atomic E-state index is 13.6. The van der Waals surface area contributed by atoms with Crippen molar-refractivity contribution in [3.8, 4) is 0 Å². The Kier molecular flexibility index (Phi) is 7.71. The molecule has 1 aliphatic heterocycles. The SMILES string of the molecule is Cc1cc(C)c(/C=C/c2onc(C)c2S(=O)(=O)N2CCC(C(=O)Nc3ccc(C)c(C)c3)CC2)c(C)c1. The minimum Gasteiger partial charge on any atom is -0.355 e. The number of piperidine rings is 1. The fourth-order valence-corrected chi connectivity index (χ4v) is 6.68. The lowest BCUT2D eigenvalue weighted by atomic mass is 9.97. The van der Waals surface area contributed by atoms with Gasteiger partial charge in [0, 0.05) is 24.7 Å². The molecule has 1 fully saturated rings. The number of amides is 1. The van der Waals surface area contributed by atoms with Gasteiger partial charge in [0.2, 0.25) is 15.9 Å². The summed E-state index contributed by atoms with van der Waals surface area (Å²) in [4.78, 5) is 12.9. The molecule has 1 saturated heterocycles. The van der Waals surface area contributed by atoms with E-state index in [9.17, 15) is 13.2 Å². The molecule has 37 heavy (non-hydrogen) atoms. The van der Waals surface area contributed by atoms with Gasteiger partial charge < -0.3 is 9.84 Å². The van der Waals surface area contributed by atoms with E-state index < -0.39 is 10.0 Å². The van der Waals surface area contributed by atoms with Gasteiger partial charge in [-0.1, -0.05) is 35.0 Å². The van der Waals surface area contributed by atoms with Gasteiger partial charge in [-0.05, 0) is 100 Å². The van der Waals surface area contributed by atoms with Gasteiger partial charge in [-0.3, -0.25) is 4.79 Å². The summed E-state index contributed by atoms with van der Waals surface area (Å²) >= 11 is 0. The second kappa shape index (κ2) is 10.6. The van der Waals surface area contributed by atoms with Crippen LogP contribution in [-0.4, -0.2) is 36.9 Å². The molecule has 0 atom stereocenters. The number of aryl methyl sites for hydroxylation is 6. The first kappa shape index (κ1) is 26.8. The van der Waals surface area contributed by atoms with E-state index >= 15 is 0 Å². The van der Waals surface area contributed by atoms with E-state index in [0.29, 0.717) is 18.5 Å². The molecule has 1 N–H and O–H groups in total. The van der Waals surface area contributed by atoms with Crippen LogP contribution in [0.2, 0.25) is 0 Å². The fraction of sp³-hybridized carbons (Fsp3) is 0.379. The molecule has 2 aromatic carbocycles. The highest BCUT2D eigenvalue weighted by atomic mass is 32.2. The van der Waals surface area contributed by atoms with Crippen molar-refractivity contribution in [3.05, 3.63) is 75.2 Å². The molecule has 4 rings (SSSR count). The Morgan fingerprint density at radius 2 is 1.59 bits per heavy atom. The minimum atomic E-state index is -3.84. The molecule has 196 valence electrons. The van der Waals surface area contributed by atoms with Gasteiger partial charge in [-0.25, -0.2) is 8.42 Å². The van der Waals surface area contributed by atoms with E-state index in [4.69, 9.17) is 4.52 Å². The van der Waals surface area contributed by atoms with E-state index in [-0.39, 0.29) is 35.6 Å². The summed E-state index contributed by atoms with van der Waals surface area (Å²) < 4.78 is 34.1. The second-order valence-electron chi connectivity index (χ2n) is 10.1. The number of hydrogen-bond acceptors (Lipinski definition) is 5. The molecule has 8 heteroatoms. The van der Waals surface area contributed by atoms with Crippen molar-refractivity contribution in [1.82, 2.24) is 9.46 Å². The first-order valence-electron chi connectivity index (χ1n) is 12.6. The van der Waals surface area contributed by atoms with Crippen molar-refractivity contribution in [3.63, 3.8) is 0 Å². The largest absolute Gasteiger partial charge is 0.355 e. The Morgan fingerprint density at radius 3 is 2.22 bits per heavy atom. The average molecular weight is 522 g/mol. The smallest absolute Gasteiger partial charge is 0.248 e. The van der Waals surface area contributed by atoms with Crippen molar-refractivity contribution < 1.29 is 17.7 Å². The number of rotatable bonds is 6. The summed E-state index contributed by atoms with van der Waals surface area (Å²) in [5.74, 6) is -0.108. The molecule has 0 spiro atoms. The summed E-state index contributed by atoms with van der Waals surface area (Å²) in [6.45, 7) is 12.3. The van der Waals surface area contributed by atoms with E-state index in [1.807, 2.05) is 58.9 Å². The molecule has 1 aliphatic rings. The van der Waals surface area contributed by atoms with Gasteiger partial charge in [0.25, 0.3) is 0 Å². The van der Waals surface area contributed by atoms with Crippen molar-refractivity contribution in [1.29, 1.82) is 0 Å². The zero-order valence-electron chi connectivity index (χ0n) is 22.4. The lowest BCUT2D eigenvalue weighted by Gasteiger charge is -2.30. The molecular weight excluding hydrogens is 486 g/mol. The van der Waals surface area contributed by atoms with E-state index in [1.54, 1.807) is 13.0 Å². The normalized spacial score (nSPS) is 15.4. The van der Waals surface area contributed by atoms with Crippen LogP contribution in [0.4, 0.5) is 5.69 Å². The highest BCUT2D eigenvalue weighted by Gasteiger charge is 2.36. The molecule has 0 aliphatic carbocycles. The number of benzene rings is 2. The Hall–Kier alpha value is -3.23. The second-order valence-corrected chi connectivity index (χ2v) is 11.9. The number of nitrogens with one attached hydrogen (secondary N) is 1. The maximum atomic E-state index is 13.6. The summed E-state index contributed by atoms with van der Waals surface area (Å²) in [5, 5.41) is 6.94. The molecule has 0 unspecified atom stereocenters. The molecule has 1 aromatic heterocycles. The molecule has 0 saturated carbocycles. The summed E-state index contributed by atoms with van der Waals surface area (Å²) in [6, 6.07) is 10.0. The van der Waals surface area contributed by atoms with Crippen molar-refractivity contribution in [2.24, 2.45) is 5.92 Å². The van der Waals surface area contributed by atoms with Crippen molar-refractivity contribution in [2.45, 2.75) is 59.3 Å². The number of carbonyl (C=O) groups is 1. The van der Waals surface area contributed by atoms with Gasteiger partial charge in [0.05, 0.1) is 0 Å².